The predicted octanol–water partition coefficient (Wildman–Crippen LogP) is -5.14. The smallest absolute Gasteiger partial charge is 2.00 e. The topological polar surface area (TPSA) is 92.2 Å². The van der Waals surface area contributed by atoms with E-state index in [9.17, 15) is 0 Å². The molecule has 0 atom stereocenters. The van der Waals surface area contributed by atoms with Gasteiger partial charge in [-0.05, 0) is 0 Å². The third-order valence-corrected chi connectivity index (χ3v) is 0. The van der Waals surface area contributed by atoms with E-state index < -0.39 is 18.1 Å². The van der Waals surface area contributed by atoms with Crippen molar-refractivity contribution in [3.05, 3.63) is 0 Å². The minimum absolute atomic E-state index is 0. The quantitative estimate of drug-likeness (QED) is 0.406. The van der Waals surface area contributed by atoms with E-state index in [0.29, 0.717) is 0 Å². The Morgan fingerprint density at radius 1 is 0.857 bits per heavy atom. The molecule has 0 heterocycles. The summed E-state index contributed by atoms with van der Waals surface area (Å²) < 4.78 is 34.5. The maximum atomic E-state index is 8.62. The van der Waals surface area contributed by atoms with Crippen molar-refractivity contribution in [2.75, 3.05) is 0 Å². The van der Waals surface area contributed by atoms with Crippen LogP contribution in [0.2, 0.25) is 0 Å². The Morgan fingerprint density at radius 3 is 0.857 bits per heavy atom. The van der Waals surface area contributed by atoms with E-state index in [4.69, 9.17) is 14.8 Å². The molecule has 7 heavy (non-hydrogen) atoms. The number of rotatable bonds is 0. The summed E-state index contributed by atoms with van der Waals surface area (Å²) in [5, 5.41) is 0. The standard InChI is InChI=1S/Ni.4O.Sr.Ti/q+2;4*-1;+2;. The molecule has 40 valence electrons. The third-order valence-electron chi connectivity index (χ3n) is 0. The van der Waals surface area contributed by atoms with Crippen LogP contribution in [0.3, 0.4) is 0 Å². The monoisotopic (exact) mass is 258 g/mol. The first-order valence-electron chi connectivity index (χ1n) is 0.816. The van der Waals surface area contributed by atoms with Gasteiger partial charge in [-0.2, -0.15) is 0 Å². The summed E-state index contributed by atoms with van der Waals surface area (Å²) in [6.07, 6.45) is 0. The number of hydrogen-bond donors (Lipinski definition) is 0. The molecule has 0 spiro atoms. The minimum Gasteiger partial charge on any atom is 2.00 e. The van der Waals surface area contributed by atoms with Crippen molar-refractivity contribution in [3.8, 4) is 0 Å². The van der Waals surface area contributed by atoms with Crippen molar-refractivity contribution in [3.63, 3.8) is 0 Å². The van der Waals surface area contributed by atoms with Gasteiger partial charge in [0.2, 0.25) is 0 Å². The van der Waals surface area contributed by atoms with Crippen LogP contribution in [0.25, 0.3) is 0 Å². The SMILES string of the molecule is [Ni+2].[O-][Ti]([O-])([O-])[O-].[Sr+2]. The zero-order valence-electron chi connectivity index (χ0n) is 3.16. The van der Waals surface area contributed by atoms with Gasteiger partial charge in [0.15, 0.2) is 0 Å². The molecule has 0 aromatic heterocycles. The average molecular weight is 258 g/mol. The Labute approximate surface area is 93.0 Å². The summed E-state index contributed by atoms with van der Waals surface area (Å²) in [4.78, 5) is 0. The molecule has 0 amide bonds. The van der Waals surface area contributed by atoms with Gasteiger partial charge in [0.25, 0.3) is 0 Å². The summed E-state index contributed by atoms with van der Waals surface area (Å²) in [6, 6.07) is 0. The molecule has 4 nitrogen and oxygen atoms in total. The first-order valence-corrected chi connectivity index (χ1v) is 3.37. The van der Waals surface area contributed by atoms with Crippen LogP contribution in [0.5, 0.6) is 0 Å². The van der Waals surface area contributed by atoms with Crippen LogP contribution in [-0.2, 0) is 34.6 Å². The normalized spacial score (nSPS) is 8.57. The van der Waals surface area contributed by atoms with Crippen LogP contribution in [0.15, 0.2) is 0 Å². The molecule has 0 bridgehead atoms. The van der Waals surface area contributed by atoms with E-state index in [-0.39, 0.29) is 62.0 Å². The maximum absolute atomic E-state index is 8.62. The zero-order valence-corrected chi connectivity index (χ0v) is 9.18. The second-order valence-corrected chi connectivity index (χ2v) is 2.06. The van der Waals surface area contributed by atoms with Gasteiger partial charge < -0.3 is 0 Å². The second-order valence-electron chi connectivity index (χ2n) is 0.500. The Hall–Kier alpha value is 2.53. The van der Waals surface area contributed by atoms with Crippen LogP contribution in [-0.4, -0.2) is 45.5 Å². The van der Waals surface area contributed by atoms with Crippen molar-refractivity contribution in [2.45, 2.75) is 0 Å². The summed E-state index contributed by atoms with van der Waals surface area (Å²) in [6.45, 7) is 0. The fraction of sp³-hybridized carbons (Fsp3) is 0. The molecule has 0 saturated carbocycles. The molecule has 0 fully saturated rings. The molecule has 0 aromatic rings. The van der Waals surface area contributed by atoms with Crippen molar-refractivity contribution >= 4 is 45.5 Å². The average Bonchev–Trinajstić information content (AvgIpc) is 0.722. The van der Waals surface area contributed by atoms with Gasteiger partial charge in [-0.25, -0.2) is 0 Å². The Kier molecular flexibility index (Phi) is 15.4. The molecule has 0 aliphatic carbocycles. The molecule has 0 N–H and O–H groups in total. The molecule has 0 aromatic carbocycles. The molecule has 7 heteroatoms. The molecular formula is NiO4SrTi. The molecule has 0 rings (SSSR count). The fourth-order valence-corrected chi connectivity index (χ4v) is 0. The molecule has 0 unspecified atom stereocenters. The summed E-state index contributed by atoms with van der Waals surface area (Å²) >= 11 is -6.00. The van der Waals surface area contributed by atoms with Crippen LogP contribution >= 0.6 is 0 Å². The summed E-state index contributed by atoms with van der Waals surface area (Å²) in [5.41, 5.74) is 0. The van der Waals surface area contributed by atoms with E-state index in [1.807, 2.05) is 0 Å². The summed E-state index contributed by atoms with van der Waals surface area (Å²) in [7, 11) is 0. The van der Waals surface area contributed by atoms with E-state index in [0.717, 1.165) is 0 Å². The zero-order chi connectivity index (χ0) is 4.50. The molecule has 0 radical (unpaired) electrons. The van der Waals surface area contributed by atoms with Crippen LogP contribution in [0, 0.1) is 0 Å². The first kappa shape index (κ1) is 16.3. The van der Waals surface area contributed by atoms with E-state index in [2.05, 4.69) is 0 Å². The van der Waals surface area contributed by atoms with E-state index >= 15 is 0 Å². The van der Waals surface area contributed by atoms with Gasteiger partial charge in [-0.15, -0.1) is 0 Å². The third kappa shape index (κ3) is 56.9. The van der Waals surface area contributed by atoms with Gasteiger partial charge in [0, 0.05) is 0 Å². The van der Waals surface area contributed by atoms with Crippen molar-refractivity contribution < 1.29 is 49.4 Å². The van der Waals surface area contributed by atoms with E-state index in [1.54, 1.807) is 0 Å². The molecule has 0 aliphatic heterocycles. The largest absolute Gasteiger partial charge is 2.00 e. The van der Waals surface area contributed by atoms with Gasteiger partial charge in [-0.3, -0.25) is 0 Å². The Morgan fingerprint density at radius 2 is 0.857 bits per heavy atom. The van der Waals surface area contributed by atoms with Crippen molar-refractivity contribution in [1.29, 1.82) is 0 Å². The second kappa shape index (κ2) is 6.65. The first-order chi connectivity index (χ1) is 2.00. The van der Waals surface area contributed by atoms with Gasteiger partial charge >= 0.3 is 94.9 Å². The van der Waals surface area contributed by atoms with Crippen molar-refractivity contribution in [2.24, 2.45) is 0 Å². The van der Waals surface area contributed by atoms with Crippen LogP contribution < -0.4 is 14.8 Å². The Bertz CT molecular complexity index is 27.2. The van der Waals surface area contributed by atoms with Gasteiger partial charge in [0.1, 0.15) is 0 Å². The van der Waals surface area contributed by atoms with Crippen LogP contribution in [0.4, 0.5) is 0 Å². The predicted molar refractivity (Wildman–Crippen MR) is 5.75 cm³/mol. The Balaban J connectivity index is -0.0000000800. The van der Waals surface area contributed by atoms with Crippen LogP contribution in [0.1, 0.15) is 0 Å². The van der Waals surface area contributed by atoms with Gasteiger partial charge in [0.05, 0.1) is 0 Å². The van der Waals surface area contributed by atoms with E-state index in [1.165, 1.54) is 0 Å². The fourth-order valence-electron chi connectivity index (χ4n) is 0. The van der Waals surface area contributed by atoms with Gasteiger partial charge in [-0.1, -0.05) is 0 Å². The van der Waals surface area contributed by atoms with Crippen molar-refractivity contribution in [1.82, 2.24) is 0 Å². The maximum Gasteiger partial charge on any atom is 2.00 e. The summed E-state index contributed by atoms with van der Waals surface area (Å²) in [5.74, 6) is 0. The number of hydrogen-bond acceptors (Lipinski definition) is 4. The molecule has 0 saturated heterocycles. The molecular weight excluding hydrogens is 258 g/mol. The molecule has 0 aliphatic rings. The minimum atomic E-state index is -6.00.